The van der Waals surface area contributed by atoms with Gasteiger partial charge in [0.25, 0.3) is 5.91 Å². The van der Waals surface area contributed by atoms with Crippen LogP contribution in [0.25, 0.3) is 5.69 Å². The average Bonchev–Trinajstić information content (AvgIpc) is 3.16. The number of hydrogen-bond donors (Lipinski definition) is 1. The molecule has 0 saturated carbocycles. The van der Waals surface area contributed by atoms with E-state index in [1.54, 1.807) is 16.9 Å². The SMILES string of the molecule is O=C(CCNC(=O)c1ccc(F)cc1F)OCc1ccn(-c2ccccc2)n1. The molecule has 0 aliphatic rings. The molecule has 0 radical (unpaired) electrons. The Labute approximate surface area is 159 Å². The van der Waals surface area contributed by atoms with Gasteiger partial charge in [-0.05, 0) is 30.3 Å². The molecular weight excluding hydrogens is 368 g/mol. The number of amides is 1. The Hall–Kier alpha value is -3.55. The van der Waals surface area contributed by atoms with Gasteiger partial charge in [0.15, 0.2) is 0 Å². The van der Waals surface area contributed by atoms with Crippen LogP contribution in [-0.2, 0) is 16.1 Å². The maximum absolute atomic E-state index is 13.5. The number of carbonyl (C=O) groups excluding carboxylic acids is 2. The van der Waals surface area contributed by atoms with Gasteiger partial charge in [0.05, 0.1) is 17.7 Å². The van der Waals surface area contributed by atoms with Crippen LogP contribution in [0.5, 0.6) is 0 Å². The minimum Gasteiger partial charge on any atom is -0.459 e. The first kappa shape index (κ1) is 19.2. The van der Waals surface area contributed by atoms with Crippen LogP contribution < -0.4 is 5.32 Å². The van der Waals surface area contributed by atoms with Crippen molar-refractivity contribution in [1.82, 2.24) is 15.1 Å². The molecule has 0 bridgehead atoms. The molecule has 0 atom stereocenters. The summed E-state index contributed by atoms with van der Waals surface area (Å²) in [6.07, 6.45) is 1.67. The van der Waals surface area contributed by atoms with Crippen molar-refractivity contribution in [1.29, 1.82) is 0 Å². The van der Waals surface area contributed by atoms with E-state index in [-0.39, 0.29) is 25.1 Å². The number of benzene rings is 2. The predicted octanol–water partition coefficient (Wildman–Crippen LogP) is 3.01. The van der Waals surface area contributed by atoms with Gasteiger partial charge in [-0.1, -0.05) is 18.2 Å². The van der Waals surface area contributed by atoms with E-state index in [9.17, 15) is 18.4 Å². The van der Waals surface area contributed by atoms with Crippen LogP contribution in [-0.4, -0.2) is 28.2 Å². The summed E-state index contributed by atoms with van der Waals surface area (Å²) in [6.45, 7) is -0.0356. The van der Waals surface area contributed by atoms with Crippen LogP contribution in [0.1, 0.15) is 22.5 Å². The van der Waals surface area contributed by atoms with Crippen molar-refractivity contribution >= 4 is 11.9 Å². The Bertz CT molecular complexity index is 974. The Morgan fingerprint density at radius 1 is 1.07 bits per heavy atom. The van der Waals surface area contributed by atoms with Crippen LogP contribution in [0.4, 0.5) is 8.78 Å². The lowest BCUT2D eigenvalue weighted by atomic mass is 10.2. The number of nitrogens with zero attached hydrogens (tertiary/aromatic N) is 2. The number of nitrogens with one attached hydrogen (secondary N) is 1. The molecule has 6 nitrogen and oxygen atoms in total. The van der Waals surface area contributed by atoms with E-state index in [0.29, 0.717) is 11.8 Å². The molecule has 0 saturated heterocycles. The molecule has 28 heavy (non-hydrogen) atoms. The standard InChI is InChI=1S/C20H17F2N3O3/c21-14-6-7-17(18(22)12-14)20(27)23-10-8-19(26)28-13-15-9-11-25(24-15)16-4-2-1-3-5-16/h1-7,9,11-12H,8,10,13H2,(H,23,27). The summed E-state index contributed by atoms with van der Waals surface area (Å²) in [6, 6.07) is 13.9. The summed E-state index contributed by atoms with van der Waals surface area (Å²) in [5.74, 6) is -3.00. The minimum absolute atomic E-state index is 0.000790. The molecule has 0 aliphatic heterocycles. The lowest BCUT2D eigenvalue weighted by molar-refractivity contribution is -0.144. The molecule has 1 aromatic heterocycles. The Morgan fingerprint density at radius 3 is 2.61 bits per heavy atom. The fourth-order valence-electron chi connectivity index (χ4n) is 2.44. The number of halogens is 2. The number of aromatic nitrogens is 2. The van der Waals surface area contributed by atoms with Crippen LogP contribution in [0, 0.1) is 11.6 Å². The number of carbonyl (C=O) groups is 2. The fourth-order valence-corrected chi connectivity index (χ4v) is 2.44. The van der Waals surface area contributed by atoms with Crippen LogP contribution in [0.2, 0.25) is 0 Å². The molecule has 0 aliphatic carbocycles. The third-order valence-electron chi connectivity index (χ3n) is 3.84. The zero-order valence-corrected chi connectivity index (χ0v) is 14.8. The predicted molar refractivity (Wildman–Crippen MR) is 96.7 cm³/mol. The van der Waals surface area contributed by atoms with Crippen LogP contribution >= 0.6 is 0 Å². The van der Waals surface area contributed by atoms with Crippen molar-refractivity contribution in [2.75, 3.05) is 6.54 Å². The van der Waals surface area contributed by atoms with Gasteiger partial charge in [-0.15, -0.1) is 0 Å². The molecule has 8 heteroatoms. The molecule has 0 unspecified atom stereocenters. The number of rotatable bonds is 7. The van der Waals surface area contributed by atoms with Gasteiger partial charge in [0.1, 0.15) is 23.9 Å². The third kappa shape index (κ3) is 5.00. The molecule has 2 aromatic carbocycles. The second-order valence-electron chi connectivity index (χ2n) is 5.88. The molecule has 3 rings (SSSR count). The zero-order valence-electron chi connectivity index (χ0n) is 14.8. The summed E-state index contributed by atoms with van der Waals surface area (Å²) >= 11 is 0. The normalized spacial score (nSPS) is 10.5. The maximum Gasteiger partial charge on any atom is 0.307 e. The van der Waals surface area contributed by atoms with Crippen molar-refractivity contribution in [2.24, 2.45) is 0 Å². The monoisotopic (exact) mass is 385 g/mol. The Morgan fingerprint density at radius 2 is 1.86 bits per heavy atom. The van der Waals surface area contributed by atoms with E-state index >= 15 is 0 Å². The lowest BCUT2D eigenvalue weighted by Crippen LogP contribution is -2.27. The van der Waals surface area contributed by atoms with E-state index in [2.05, 4.69) is 10.4 Å². The maximum atomic E-state index is 13.5. The van der Waals surface area contributed by atoms with E-state index in [0.717, 1.165) is 17.8 Å². The first-order valence-corrected chi connectivity index (χ1v) is 8.52. The number of ether oxygens (including phenoxy) is 1. The molecule has 0 spiro atoms. The molecule has 144 valence electrons. The van der Waals surface area contributed by atoms with Gasteiger partial charge < -0.3 is 10.1 Å². The van der Waals surface area contributed by atoms with Crippen LogP contribution in [0.3, 0.4) is 0 Å². The Kier molecular flexibility index (Phi) is 6.11. The summed E-state index contributed by atoms with van der Waals surface area (Å²) in [7, 11) is 0. The third-order valence-corrected chi connectivity index (χ3v) is 3.84. The van der Waals surface area contributed by atoms with Crippen molar-refractivity contribution < 1.29 is 23.1 Å². The van der Waals surface area contributed by atoms with Crippen molar-refractivity contribution in [2.45, 2.75) is 13.0 Å². The highest BCUT2D eigenvalue weighted by Gasteiger charge is 2.13. The number of hydrogen-bond acceptors (Lipinski definition) is 4. The van der Waals surface area contributed by atoms with E-state index < -0.39 is 23.5 Å². The Balaban J connectivity index is 1.42. The lowest BCUT2D eigenvalue weighted by Gasteiger charge is -2.06. The summed E-state index contributed by atoms with van der Waals surface area (Å²) < 4.78 is 33.2. The highest BCUT2D eigenvalue weighted by atomic mass is 19.1. The number of para-hydroxylation sites is 1. The number of esters is 1. The second kappa shape index (κ2) is 8.90. The van der Waals surface area contributed by atoms with Crippen molar-refractivity contribution in [3.05, 3.63) is 83.7 Å². The van der Waals surface area contributed by atoms with Crippen LogP contribution in [0.15, 0.2) is 60.8 Å². The molecule has 3 aromatic rings. The topological polar surface area (TPSA) is 73.2 Å². The highest BCUT2D eigenvalue weighted by molar-refractivity contribution is 5.94. The van der Waals surface area contributed by atoms with Gasteiger partial charge in [0, 0.05) is 18.8 Å². The summed E-state index contributed by atoms with van der Waals surface area (Å²) in [5.41, 5.74) is 1.17. The van der Waals surface area contributed by atoms with Crippen molar-refractivity contribution in [3.63, 3.8) is 0 Å². The molecule has 1 amide bonds. The summed E-state index contributed by atoms with van der Waals surface area (Å²) in [4.78, 5) is 23.6. The van der Waals surface area contributed by atoms with Crippen molar-refractivity contribution in [3.8, 4) is 5.69 Å². The smallest absolute Gasteiger partial charge is 0.307 e. The van der Waals surface area contributed by atoms with Gasteiger partial charge in [0.2, 0.25) is 0 Å². The van der Waals surface area contributed by atoms with Gasteiger partial charge in [-0.2, -0.15) is 5.10 Å². The van der Waals surface area contributed by atoms with Gasteiger partial charge in [-0.3, -0.25) is 9.59 Å². The van der Waals surface area contributed by atoms with E-state index in [1.807, 2.05) is 30.3 Å². The molecule has 0 fully saturated rings. The van der Waals surface area contributed by atoms with Gasteiger partial charge >= 0.3 is 5.97 Å². The fraction of sp³-hybridized carbons (Fsp3) is 0.150. The molecular formula is C20H17F2N3O3. The van der Waals surface area contributed by atoms with E-state index in [4.69, 9.17) is 4.74 Å². The molecule has 1 N–H and O–H groups in total. The van der Waals surface area contributed by atoms with E-state index in [1.165, 1.54) is 0 Å². The average molecular weight is 385 g/mol. The summed E-state index contributed by atoms with van der Waals surface area (Å²) in [5, 5.41) is 6.71. The highest BCUT2D eigenvalue weighted by Crippen LogP contribution is 2.10. The quantitative estimate of drug-likeness (QED) is 0.635. The molecule has 1 heterocycles. The zero-order chi connectivity index (χ0) is 19.9. The van der Waals surface area contributed by atoms with Gasteiger partial charge in [-0.25, -0.2) is 13.5 Å². The minimum atomic E-state index is -0.964. The first-order valence-electron chi connectivity index (χ1n) is 8.52. The first-order chi connectivity index (χ1) is 13.5. The largest absolute Gasteiger partial charge is 0.459 e. The second-order valence-corrected chi connectivity index (χ2v) is 5.88.